The molecule has 1 aliphatic rings. The van der Waals surface area contributed by atoms with E-state index < -0.39 is 17.4 Å². The highest BCUT2D eigenvalue weighted by atomic mass is 19.1. The maximum Gasteiger partial charge on any atom is 0.410 e. The third-order valence-electron chi connectivity index (χ3n) is 2.78. The van der Waals surface area contributed by atoms with Crippen molar-refractivity contribution in [1.29, 1.82) is 0 Å². The Morgan fingerprint density at radius 2 is 1.84 bits per heavy atom. The van der Waals surface area contributed by atoms with E-state index in [2.05, 4.69) is 0 Å². The number of hydrogen-bond donors (Lipinski definition) is 1. The molecule has 0 aromatic carbocycles. The number of nitrogens with zero attached hydrogens (tertiary/aromatic N) is 1. The predicted molar refractivity (Wildman–Crippen MR) is 67.4 cm³/mol. The van der Waals surface area contributed by atoms with Crippen molar-refractivity contribution >= 4 is 12.1 Å². The lowest BCUT2D eigenvalue weighted by Crippen LogP contribution is -2.41. The fourth-order valence-electron chi connectivity index (χ4n) is 1.85. The maximum absolute atomic E-state index is 12.9. The number of hydrogen-bond acceptors (Lipinski definition) is 3. The average molecular weight is 273 g/mol. The Labute approximate surface area is 112 Å². The number of allylic oxidation sites excluding steroid dienone is 1. The Bertz CT molecular complexity index is 379. The third-order valence-corrected chi connectivity index (χ3v) is 2.78. The molecule has 0 unspecified atom stereocenters. The van der Waals surface area contributed by atoms with Crippen LogP contribution in [0.15, 0.2) is 11.9 Å². The molecule has 6 heteroatoms. The number of halogens is 1. The van der Waals surface area contributed by atoms with Crippen molar-refractivity contribution in [3.05, 3.63) is 11.9 Å². The van der Waals surface area contributed by atoms with Crippen LogP contribution in [0.5, 0.6) is 0 Å². The summed E-state index contributed by atoms with van der Waals surface area (Å²) in [5.41, 5.74) is -0.538. The summed E-state index contributed by atoms with van der Waals surface area (Å²) in [5.74, 6) is -2.82. The van der Waals surface area contributed by atoms with Crippen molar-refractivity contribution in [1.82, 2.24) is 4.90 Å². The lowest BCUT2D eigenvalue weighted by molar-refractivity contribution is -0.134. The van der Waals surface area contributed by atoms with Crippen molar-refractivity contribution in [3.8, 4) is 0 Å². The van der Waals surface area contributed by atoms with E-state index in [0.29, 0.717) is 25.9 Å². The van der Waals surface area contributed by atoms with Crippen LogP contribution >= 0.6 is 0 Å². The second-order valence-electron chi connectivity index (χ2n) is 5.62. The number of carbonyl (C=O) groups excluding carboxylic acids is 1. The molecule has 1 fully saturated rings. The average Bonchev–Trinajstić information content (AvgIpc) is 2.27. The van der Waals surface area contributed by atoms with Gasteiger partial charge in [0, 0.05) is 13.1 Å². The van der Waals surface area contributed by atoms with Gasteiger partial charge in [0.05, 0.1) is 0 Å². The molecule has 1 rings (SSSR count). The van der Waals surface area contributed by atoms with Crippen molar-refractivity contribution in [3.63, 3.8) is 0 Å². The molecular formula is C13H20FNO4. The van der Waals surface area contributed by atoms with Crippen LogP contribution in [-0.2, 0) is 9.53 Å². The largest absolute Gasteiger partial charge is 0.476 e. The van der Waals surface area contributed by atoms with Crippen LogP contribution in [-0.4, -0.2) is 40.8 Å². The molecule has 5 nitrogen and oxygen atoms in total. The maximum atomic E-state index is 12.9. The Morgan fingerprint density at radius 3 is 2.26 bits per heavy atom. The number of ether oxygens (including phenoxy) is 1. The zero-order chi connectivity index (χ0) is 14.6. The van der Waals surface area contributed by atoms with Crippen LogP contribution in [0.2, 0.25) is 0 Å². The van der Waals surface area contributed by atoms with Crippen LogP contribution in [0, 0.1) is 5.92 Å². The lowest BCUT2D eigenvalue weighted by atomic mass is 9.96. The summed E-state index contributed by atoms with van der Waals surface area (Å²) in [6.45, 7) is 6.28. The fourth-order valence-corrected chi connectivity index (χ4v) is 1.85. The van der Waals surface area contributed by atoms with E-state index in [1.54, 1.807) is 25.7 Å². The molecule has 1 N–H and O–H groups in total. The van der Waals surface area contributed by atoms with Gasteiger partial charge >= 0.3 is 12.1 Å². The molecule has 1 aliphatic heterocycles. The highest BCUT2D eigenvalue weighted by Crippen LogP contribution is 2.22. The Morgan fingerprint density at radius 1 is 1.32 bits per heavy atom. The second-order valence-corrected chi connectivity index (χ2v) is 5.62. The molecule has 19 heavy (non-hydrogen) atoms. The number of carboxylic acid groups (broad SMARTS) is 1. The predicted octanol–water partition coefficient (Wildman–Crippen LogP) is 2.57. The van der Waals surface area contributed by atoms with Gasteiger partial charge in [-0.1, -0.05) is 0 Å². The van der Waals surface area contributed by atoms with Crippen LogP contribution in [0.25, 0.3) is 0 Å². The van der Waals surface area contributed by atoms with Crippen LogP contribution in [0.1, 0.15) is 33.6 Å². The summed E-state index contributed by atoms with van der Waals surface area (Å²) in [4.78, 5) is 23.7. The molecule has 0 bridgehead atoms. The summed E-state index contributed by atoms with van der Waals surface area (Å²) in [6, 6.07) is 0. The zero-order valence-corrected chi connectivity index (χ0v) is 11.5. The summed E-state index contributed by atoms with van der Waals surface area (Å²) in [5, 5.41) is 8.45. The standard InChI is InChI=1S/C13H20FNO4/c1-13(2,3)19-12(18)15-6-4-9(5-7-15)8-10(14)11(16)17/h8-9H,4-7H2,1-3H3,(H,16,17)/b10-8-. The van der Waals surface area contributed by atoms with E-state index in [0.717, 1.165) is 6.08 Å². The SMILES string of the molecule is CC(C)(C)OC(=O)N1CCC(/C=C(\F)C(=O)O)CC1. The van der Waals surface area contributed by atoms with E-state index in [1.165, 1.54) is 0 Å². The fraction of sp³-hybridized carbons (Fsp3) is 0.692. The van der Waals surface area contributed by atoms with Gasteiger partial charge in [-0.25, -0.2) is 9.59 Å². The molecule has 0 aromatic heterocycles. The van der Waals surface area contributed by atoms with E-state index in [-0.39, 0.29) is 12.0 Å². The number of aliphatic carboxylic acids is 1. The molecule has 0 spiro atoms. The van der Waals surface area contributed by atoms with Gasteiger partial charge in [0.25, 0.3) is 0 Å². The molecule has 108 valence electrons. The van der Waals surface area contributed by atoms with Crippen LogP contribution < -0.4 is 0 Å². The molecular weight excluding hydrogens is 253 g/mol. The molecule has 1 heterocycles. The van der Waals surface area contributed by atoms with Gasteiger partial charge in [0.15, 0.2) is 0 Å². The zero-order valence-electron chi connectivity index (χ0n) is 11.5. The first-order chi connectivity index (χ1) is 8.69. The summed E-state index contributed by atoms with van der Waals surface area (Å²) in [7, 11) is 0. The van der Waals surface area contributed by atoms with Gasteiger partial charge < -0.3 is 14.7 Å². The summed E-state index contributed by atoms with van der Waals surface area (Å²) < 4.78 is 18.2. The quantitative estimate of drug-likeness (QED) is 0.785. The number of amides is 1. The monoisotopic (exact) mass is 273 g/mol. The van der Waals surface area contributed by atoms with Crippen molar-refractivity contribution in [2.75, 3.05) is 13.1 Å². The minimum Gasteiger partial charge on any atom is -0.476 e. The van der Waals surface area contributed by atoms with Crippen LogP contribution in [0.4, 0.5) is 9.18 Å². The van der Waals surface area contributed by atoms with Crippen molar-refractivity contribution in [2.45, 2.75) is 39.2 Å². The minimum atomic E-state index is -1.55. The lowest BCUT2D eigenvalue weighted by Gasteiger charge is -2.32. The first-order valence-corrected chi connectivity index (χ1v) is 6.27. The highest BCUT2D eigenvalue weighted by molar-refractivity contribution is 5.83. The molecule has 0 radical (unpaired) electrons. The third kappa shape index (κ3) is 5.28. The summed E-state index contributed by atoms with van der Waals surface area (Å²) in [6.07, 6.45) is 1.82. The highest BCUT2D eigenvalue weighted by Gasteiger charge is 2.26. The van der Waals surface area contributed by atoms with Crippen molar-refractivity contribution < 1.29 is 23.8 Å². The number of likely N-dealkylation sites (tertiary alicyclic amines) is 1. The molecule has 1 saturated heterocycles. The molecule has 0 aromatic rings. The minimum absolute atomic E-state index is 0.144. The van der Waals surface area contributed by atoms with Gasteiger partial charge in [0.1, 0.15) is 5.60 Å². The van der Waals surface area contributed by atoms with E-state index in [9.17, 15) is 14.0 Å². The summed E-state index contributed by atoms with van der Waals surface area (Å²) >= 11 is 0. The van der Waals surface area contributed by atoms with Gasteiger partial charge in [0.2, 0.25) is 5.83 Å². The Kier molecular flexibility index (Phi) is 4.91. The van der Waals surface area contributed by atoms with E-state index in [4.69, 9.17) is 9.84 Å². The van der Waals surface area contributed by atoms with E-state index in [1.807, 2.05) is 0 Å². The molecule has 0 atom stereocenters. The van der Waals surface area contributed by atoms with Gasteiger partial charge in [-0.15, -0.1) is 0 Å². The number of carboxylic acids is 1. The number of piperidine rings is 1. The number of rotatable bonds is 2. The van der Waals surface area contributed by atoms with Gasteiger partial charge in [-0.3, -0.25) is 0 Å². The number of carbonyl (C=O) groups is 2. The first-order valence-electron chi connectivity index (χ1n) is 6.27. The van der Waals surface area contributed by atoms with Gasteiger partial charge in [-0.05, 0) is 45.6 Å². The Hall–Kier alpha value is -1.59. The smallest absolute Gasteiger partial charge is 0.410 e. The Balaban J connectivity index is 2.47. The van der Waals surface area contributed by atoms with E-state index >= 15 is 0 Å². The van der Waals surface area contributed by atoms with Crippen LogP contribution in [0.3, 0.4) is 0 Å². The topological polar surface area (TPSA) is 66.8 Å². The second kappa shape index (κ2) is 6.04. The normalized spacial score (nSPS) is 18.3. The van der Waals surface area contributed by atoms with Gasteiger partial charge in [-0.2, -0.15) is 4.39 Å². The first kappa shape index (κ1) is 15.5. The molecule has 1 amide bonds. The molecule has 0 saturated carbocycles. The molecule has 0 aliphatic carbocycles. The van der Waals surface area contributed by atoms with Crippen molar-refractivity contribution in [2.24, 2.45) is 5.92 Å².